The first-order chi connectivity index (χ1) is 12.5. The third-order valence-corrected chi connectivity index (χ3v) is 5.92. The minimum Gasteiger partial charge on any atom is -0.318 e. The van der Waals surface area contributed by atoms with Crippen LogP contribution in [0.3, 0.4) is 0 Å². The lowest BCUT2D eigenvalue weighted by atomic mass is 10.2. The molecule has 0 unspecified atom stereocenters. The first kappa shape index (κ1) is 21.4. The number of hydrogen-bond acceptors (Lipinski definition) is 3. The van der Waals surface area contributed by atoms with E-state index >= 15 is 0 Å². The van der Waals surface area contributed by atoms with Crippen LogP contribution in [0.15, 0.2) is 39.7 Å². The van der Waals surface area contributed by atoms with Crippen molar-refractivity contribution in [3.05, 3.63) is 57.8 Å². The van der Waals surface area contributed by atoms with Crippen LogP contribution < -0.4 is 10.0 Å². The zero-order valence-electron chi connectivity index (χ0n) is 14.3. The minimum absolute atomic E-state index is 0.0871. The molecule has 10 heteroatoms. The van der Waals surface area contributed by atoms with Gasteiger partial charge in [-0.25, -0.2) is 26.3 Å². The molecule has 1 amide bonds. The molecule has 2 rings (SSSR count). The maximum absolute atomic E-state index is 14.1. The van der Waals surface area contributed by atoms with Crippen LogP contribution in [0.4, 0.5) is 18.9 Å². The Morgan fingerprint density at radius 3 is 2.41 bits per heavy atom. The first-order valence-electron chi connectivity index (χ1n) is 7.83. The highest BCUT2D eigenvalue weighted by Gasteiger charge is 2.22. The second-order valence-corrected chi connectivity index (χ2v) is 8.34. The molecule has 2 aromatic rings. The Labute approximate surface area is 163 Å². The Hall–Kier alpha value is -1.91. The zero-order chi connectivity index (χ0) is 20.4. The van der Waals surface area contributed by atoms with Crippen molar-refractivity contribution in [2.45, 2.75) is 31.2 Å². The zero-order valence-corrected chi connectivity index (χ0v) is 16.7. The van der Waals surface area contributed by atoms with Gasteiger partial charge in [0, 0.05) is 16.6 Å². The van der Waals surface area contributed by atoms with Crippen LogP contribution in [-0.4, -0.2) is 20.4 Å². The lowest BCUT2D eigenvalue weighted by Crippen LogP contribution is -2.32. The second-order valence-electron chi connectivity index (χ2n) is 5.77. The fourth-order valence-electron chi connectivity index (χ4n) is 2.10. The van der Waals surface area contributed by atoms with Gasteiger partial charge in [-0.15, -0.1) is 0 Å². The molecule has 0 fully saturated rings. The Balaban J connectivity index is 2.38. The van der Waals surface area contributed by atoms with Crippen molar-refractivity contribution in [3.8, 4) is 0 Å². The largest absolute Gasteiger partial charge is 0.318 e. The van der Waals surface area contributed by atoms with E-state index in [1.54, 1.807) is 13.8 Å². The average molecular weight is 465 g/mol. The van der Waals surface area contributed by atoms with Gasteiger partial charge in [0.05, 0.1) is 16.1 Å². The molecular weight excluding hydrogens is 449 g/mol. The fraction of sp³-hybridized carbons (Fsp3) is 0.235. The molecule has 0 heterocycles. The van der Waals surface area contributed by atoms with Crippen LogP contribution in [0.25, 0.3) is 0 Å². The number of rotatable bonds is 6. The highest BCUT2D eigenvalue weighted by atomic mass is 79.9. The molecule has 1 atom stereocenters. The van der Waals surface area contributed by atoms with Gasteiger partial charge in [0.25, 0.3) is 5.91 Å². The van der Waals surface area contributed by atoms with Gasteiger partial charge < -0.3 is 5.32 Å². The molecule has 0 saturated carbocycles. The monoisotopic (exact) mass is 464 g/mol. The second kappa shape index (κ2) is 8.41. The molecule has 0 spiro atoms. The lowest BCUT2D eigenvalue weighted by Gasteiger charge is -2.14. The Kier molecular flexibility index (Phi) is 6.66. The van der Waals surface area contributed by atoms with Gasteiger partial charge in [0.2, 0.25) is 10.0 Å². The lowest BCUT2D eigenvalue weighted by molar-refractivity contribution is 0.102. The average Bonchev–Trinajstić information content (AvgIpc) is 2.57. The van der Waals surface area contributed by atoms with Crippen LogP contribution in [0.5, 0.6) is 0 Å². The van der Waals surface area contributed by atoms with Crippen LogP contribution in [0.1, 0.15) is 30.6 Å². The quantitative estimate of drug-likeness (QED) is 0.672. The van der Waals surface area contributed by atoms with Gasteiger partial charge in [-0.2, -0.15) is 0 Å². The molecule has 0 aromatic heterocycles. The van der Waals surface area contributed by atoms with Crippen molar-refractivity contribution in [3.63, 3.8) is 0 Å². The Bertz CT molecular complexity index is 960. The van der Waals surface area contributed by atoms with E-state index in [9.17, 15) is 26.4 Å². The van der Waals surface area contributed by atoms with Gasteiger partial charge >= 0.3 is 0 Å². The molecule has 0 radical (unpaired) electrons. The predicted octanol–water partition coefficient (Wildman–Crippen LogP) is 4.20. The van der Waals surface area contributed by atoms with E-state index in [1.165, 1.54) is 0 Å². The number of hydrogen-bond donors (Lipinski definition) is 2. The molecule has 146 valence electrons. The summed E-state index contributed by atoms with van der Waals surface area (Å²) in [5, 5.41) is 2.11. The highest BCUT2D eigenvalue weighted by molar-refractivity contribution is 9.10. The maximum atomic E-state index is 14.1. The summed E-state index contributed by atoms with van der Waals surface area (Å²) >= 11 is 2.90. The molecule has 5 nitrogen and oxygen atoms in total. The van der Waals surface area contributed by atoms with Crippen molar-refractivity contribution in [1.29, 1.82) is 0 Å². The summed E-state index contributed by atoms with van der Waals surface area (Å²) in [4.78, 5) is 12.0. The van der Waals surface area contributed by atoms with E-state index in [0.29, 0.717) is 12.5 Å². The van der Waals surface area contributed by atoms with Gasteiger partial charge in [-0.05, 0) is 53.5 Å². The van der Waals surface area contributed by atoms with Gasteiger partial charge in [0.15, 0.2) is 5.82 Å². The number of halogens is 4. The smallest absolute Gasteiger partial charge is 0.258 e. The molecule has 2 N–H and O–H groups in total. The maximum Gasteiger partial charge on any atom is 0.258 e. The number of benzene rings is 2. The molecule has 0 aliphatic carbocycles. The van der Waals surface area contributed by atoms with Crippen molar-refractivity contribution in [1.82, 2.24) is 4.72 Å². The third-order valence-electron chi connectivity index (χ3n) is 3.71. The summed E-state index contributed by atoms with van der Waals surface area (Å²) in [7, 11) is -3.97. The van der Waals surface area contributed by atoms with Crippen molar-refractivity contribution in [2.75, 3.05) is 5.32 Å². The molecule has 0 saturated heterocycles. The molecule has 2 aromatic carbocycles. The van der Waals surface area contributed by atoms with E-state index in [4.69, 9.17) is 0 Å². The first-order valence-corrected chi connectivity index (χ1v) is 10.1. The van der Waals surface area contributed by atoms with Crippen LogP contribution in [0, 0.1) is 17.5 Å². The van der Waals surface area contributed by atoms with Crippen LogP contribution in [0.2, 0.25) is 0 Å². The molecule has 0 bridgehead atoms. The molecule has 0 aliphatic heterocycles. The van der Waals surface area contributed by atoms with E-state index in [2.05, 4.69) is 26.0 Å². The third kappa shape index (κ3) is 5.08. The summed E-state index contributed by atoms with van der Waals surface area (Å²) in [5.74, 6) is -4.02. The topological polar surface area (TPSA) is 75.3 Å². The standard InChI is InChI=1S/C17H16BrF3N2O3S/c1-3-9(2)23-27(25,26)11-4-5-14(20)12(8-11)17(24)22-16-13(18)6-10(19)7-15(16)21/h4-9,23H,3H2,1-2H3,(H,22,24)/t9-/m1/s1. The SMILES string of the molecule is CC[C@@H](C)NS(=O)(=O)c1ccc(F)c(C(=O)Nc2c(F)cc(F)cc2Br)c1. The Morgan fingerprint density at radius 2 is 1.81 bits per heavy atom. The molecule has 27 heavy (non-hydrogen) atoms. The Morgan fingerprint density at radius 1 is 1.15 bits per heavy atom. The number of carbonyl (C=O) groups is 1. The molecular formula is C17H16BrF3N2O3S. The van der Waals surface area contributed by atoms with E-state index < -0.39 is 44.6 Å². The summed E-state index contributed by atoms with van der Waals surface area (Å²) in [6.07, 6.45) is 0.533. The fourth-order valence-corrected chi connectivity index (χ4v) is 3.96. The summed E-state index contributed by atoms with van der Waals surface area (Å²) < 4.78 is 68.0. The van der Waals surface area contributed by atoms with Gasteiger partial charge in [-0.3, -0.25) is 4.79 Å². The van der Waals surface area contributed by atoms with Crippen LogP contribution in [-0.2, 0) is 10.0 Å². The van der Waals surface area contributed by atoms with E-state index in [1.807, 2.05) is 0 Å². The minimum atomic E-state index is -3.97. The van der Waals surface area contributed by atoms with Crippen molar-refractivity contribution >= 4 is 37.5 Å². The van der Waals surface area contributed by atoms with E-state index in [0.717, 1.165) is 24.3 Å². The number of amides is 1. The van der Waals surface area contributed by atoms with Crippen molar-refractivity contribution in [2.24, 2.45) is 0 Å². The summed E-state index contributed by atoms with van der Waals surface area (Å²) in [6, 6.07) is 3.81. The predicted molar refractivity (Wildman–Crippen MR) is 98.5 cm³/mol. The number of nitrogens with one attached hydrogen (secondary N) is 2. The number of carbonyl (C=O) groups excluding carboxylic acids is 1. The molecule has 0 aliphatic rings. The highest BCUT2D eigenvalue weighted by Crippen LogP contribution is 2.28. The van der Waals surface area contributed by atoms with Crippen molar-refractivity contribution < 1.29 is 26.4 Å². The number of anilines is 1. The van der Waals surface area contributed by atoms with Crippen LogP contribution >= 0.6 is 15.9 Å². The summed E-state index contributed by atoms with van der Waals surface area (Å²) in [6.45, 7) is 3.44. The normalized spacial score (nSPS) is 12.7. The van der Waals surface area contributed by atoms with Gasteiger partial charge in [-0.1, -0.05) is 6.92 Å². The van der Waals surface area contributed by atoms with E-state index in [-0.39, 0.29) is 15.4 Å². The summed E-state index contributed by atoms with van der Waals surface area (Å²) in [5.41, 5.74) is -0.996. The number of sulfonamides is 1. The van der Waals surface area contributed by atoms with Gasteiger partial charge in [0.1, 0.15) is 11.6 Å².